The Labute approximate surface area is 158 Å². The number of methoxy groups -OCH3 is 1. The van der Waals surface area contributed by atoms with Crippen molar-refractivity contribution in [3.05, 3.63) is 58.3 Å². The molecule has 0 bridgehead atoms. The molecule has 0 fully saturated rings. The van der Waals surface area contributed by atoms with Crippen LogP contribution in [0.5, 0.6) is 5.75 Å². The van der Waals surface area contributed by atoms with E-state index in [1.165, 1.54) is 26.2 Å². The normalized spacial score (nSPS) is 11.8. The van der Waals surface area contributed by atoms with E-state index in [9.17, 15) is 18.8 Å². The number of halogens is 1. The van der Waals surface area contributed by atoms with Crippen LogP contribution < -0.4 is 15.7 Å². The maximum atomic E-state index is 13.7. The number of hydrogen-bond donors (Lipinski definition) is 3. The number of H-pyrrole nitrogens is 2. The molecule has 9 heteroatoms. The fourth-order valence-electron chi connectivity index (χ4n) is 2.63. The van der Waals surface area contributed by atoms with E-state index in [0.717, 1.165) is 0 Å². The van der Waals surface area contributed by atoms with E-state index < -0.39 is 23.8 Å². The van der Waals surface area contributed by atoms with Crippen LogP contribution in [-0.2, 0) is 20.7 Å². The summed E-state index contributed by atoms with van der Waals surface area (Å²) in [4.78, 5) is 40.7. The number of imidazole rings is 1. The molecule has 0 spiro atoms. The maximum absolute atomic E-state index is 13.7. The Bertz CT molecular complexity index is 1090. The summed E-state index contributed by atoms with van der Waals surface area (Å²) in [7, 11) is 1.35. The van der Waals surface area contributed by atoms with Crippen molar-refractivity contribution < 1.29 is 23.5 Å². The fraction of sp³-hybridized carbons (Fsp3) is 0.211. The number of amides is 1. The third-order valence-electron chi connectivity index (χ3n) is 4.03. The molecule has 1 amide bonds. The van der Waals surface area contributed by atoms with Crippen LogP contribution in [0, 0.1) is 5.82 Å². The van der Waals surface area contributed by atoms with Crippen molar-refractivity contribution in [3.63, 3.8) is 0 Å². The number of esters is 1. The Morgan fingerprint density at radius 2 is 1.89 bits per heavy atom. The van der Waals surface area contributed by atoms with Crippen LogP contribution >= 0.6 is 0 Å². The Morgan fingerprint density at radius 1 is 1.14 bits per heavy atom. The first-order valence-corrected chi connectivity index (χ1v) is 8.40. The minimum absolute atomic E-state index is 0.0746. The van der Waals surface area contributed by atoms with E-state index in [-0.39, 0.29) is 17.9 Å². The number of anilines is 1. The van der Waals surface area contributed by atoms with E-state index in [0.29, 0.717) is 22.3 Å². The van der Waals surface area contributed by atoms with Gasteiger partial charge in [0.15, 0.2) is 17.7 Å². The average Bonchev–Trinajstić information content (AvgIpc) is 3.01. The van der Waals surface area contributed by atoms with Crippen LogP contribution in [0.3, 0.4) is 0 Å². The first kappa shape index (κ1) is 19.2. The molecule has 3 aromatic rings. The third-order valence-corrected chi connectivity index (χ3v) is 4.03. The SMILES string of the molecule is COc1ccc(CC(=O)O[C@@H](C)C(=O)Nc2ccc3[nH]c(=O)[nH]c3c2)cc1F. The number of benzene rings is 2. The molecule has 3 N–H and O–H groups in total. The van der Waals surface area contributed by atoms with Crippen molar-refractivity contribution in [1.82, 2.24) is 9.97 Å². The minimum atomic E-state index is -1.06. The summed E-state index contributed by atoms with van der Waals surface area (Å²) in [6.45, 7) is 1.43. The van der Waals surface area contributed by atoms with Gasteiger partial charge in [0.05, 0.1) is 24.6 Å². The number of carbonyl (C=O) groups excluding carboxylic acids is 2. The molecule has 0 saturated carbocycles. The number of rotatable bonds is 6. The largest absolute Gasteiger partial charge is 0.494 e. The zero-order valence-corrected chi connectivity index (χ0v) is 15.2. The minimum Gasteiger partial charge on any atom is -0.494 e. The number of fused-ring (bicyclic) bond motifs is 1. The number of aromatic nitrogens is 2. The van der Waals surface area contributed by atoms with Gasteiger partial charge in [0.2, 0.25) is 0 Å². The van der Waals surface area contributed by atoms with Gasteiger partial charge in [-0.3, -0.25) is 9.59 Å². The lowest BCUT2D eigenvalue weighted by Crippen LogP contribution is -2.30. The summed E-state index contributed by atoms with van der Waals surface area (Å²) >= 11 is 0. The van der Waals surface area contributed by atoms with Gasteiger partial charge in [0.1, 0.15) is 0 Å². The monoisotopic (exact) mass is 387 g/mol. The predicted molar refractivity (Wildman–Crippen MR) is 99.8 cm³/mol. The van der Waals surface area contributed by atoms with Gasteiger partial charge in [-0.15, -0.1) is 0 Å². The second-order valence-electron chi connectivity index (χ2n) is 6.11. The highest BCUT2D eigenvalue weighted by Crippen LogP contribution is 2.18. The Morgan fingerprint density at radius 3 is 2.61 bits per heavy atom. The first-order valence-electron chi connectivity index (χ1n) is 8.40. The molecule has 0 saturated heterocycles. The highest BCUT2D eigenvalue weighted by molar-refractivity contribution is 5.96. The molecular formula is C19H18FN3O5. The highest BCUT2D eigenvalue weighted by Gasteiger charge is 2.19. The molecule has 1 heterocycles. The van der Waals surface area contributed by atoms with Crippen molar-refractivity contribution in [2.24, 2.45) is 0 Å². The van der Waals surface area contributed by atoms with Gasteiger partial charge in [0.25, 0.3) is 5.91 Å². The number of hydrogen-bond acceptors (Lipinski definition) is 5. The molecule has 1 atom stereocenters. The van der Waals surface area contributed by atoms with Crippen LogP contribution in [0.4, 0.5) is 10.1 Å². The Balaban J connectivity index is 1.58. The smallest absolute Gasteiger partial charge is 0.323 e. The zero-order chi connectivity index (χ0) is 20.3. The molecule has 0 aliphatic carbocycles. The second-order valence-corrected chi connectivity index (χ2v) is 6.11. The van der Waals surface area contributed by atoms with Crippen LogP contribution in [0.2, 0.25) is 0 Å². The van der Waals surface area contributed by atoms with Gasteiger partial charge in [-0.1, -0.05) is 6.07 Å². The standard InChI is InChI=1S/C19H18FN3O5/c1-10(28-17(24)8-11-3-6-16(27-2)13(20)7-11)18(25)21-12-4-5-14-15(9-12)23-19(26)22-14/h3-7,9-10H,8H2,1-2H3,(H,21,25)(H2,22,23,26)/t10-/m0/s1. The predicted octanol–water partition coefficient (Wildman–Crippen LogP) is 2.12. The van der Waals surface area contributed by atoms with Gasteiger partial charge < -0.3 is 24.8 Å². The van der Waals surface area contributed by atoms with Crippen LogP contribution in [0.25, 0.3) is 11.0 Å². The van der Waals surface area contributed by atoms with Gasteiger partial charge in [0, 0.05) is 5.69 Å². The van der Waals surface area contributed by atoms with E-state index in [1.807, 2.05) is 0 Å². The molecule has 2 aromatic carbocycles. The molecule has 1 aromatic heterocycles. The molecule has 0 aliphatic heterocycles. The number of ether oxygens (including phenoxy) is 2. The second kappa shape index (κ2) is 7.95. The van der Waals surface area contributed by atoms with Gasteiger partial charge in [-0.25, -0.2) is 9.18 Å². The summed E-state index contributed by atoms with van der Waals surface area (Å²) in [5.41, 5.74) is 1.63. The summed E-state index contributed by atoms with van der Waals surface area (Å²) in [6, 6.07) is 8.96. The van der Waals surface area contributed by atoms with Crippen molar-refractivity contribution in [3.8, 4) is 5.75 Å². The Hall–Kier alpha value is -3.62. The molecular weight excluding hydrogens is 369 g/mol. The molecule has 3 rings (SSSR count). The maximum Gasteiger partial charge on any atom is 0.323 e. The zero-order valence-electron chi connectivity index (χ0n) is 15.2. The topological polar surface area (TPSA) is 113 Å². The summed E-state index contributed by atoms with van der Waals surface area (Å²) in [6.07, 6.45) is -1.24. The quantitative estimate of drug-likeness (QED) is 0.561. The number of aromatic amines is 2. The molecule has 0 aliphatic rings. The van der Waals surface area contributed by atoms with Crippen molar-refractivity contribution >= 4 is 28.6 Å². The van der Waals surface area contributed by atoms with Crippen molar-refractivity contribution in [1.29, 1.82) is 0 Å². The van der Waals surface area contributed by atoms with E-state index in [2.05, 4.69) is 15.3 Å². The lowest BCUT2D eigenvalue weighted by molar-refractivity contribution is -0.152. The third kappa shape index (κ3) is 4.37. The van der Waals surface area contributed by atoms with Gasteiger partial charge in [-0.05, 0) is 42.8 Å². The Kier molecular flexibility index (Phi) is 5.44. The van der Waals surface area contributed by atoms with Gasteiger partial charge >= 0.3 is 11.7 Å². The first-order chi connectivity index (χ1) is 13.4. The lowest BCUT2D eigenvalue weighted by Gasteiger charge is -2.14. The lowest BCUT2D eigenvalue weighted by atomic mass is 10.1. The number of nitrogens with one attached hydrogen (secondary N) is 3. The van der Waals surface area contributed by atoms with Crippen LogP contribution in [0.15, 0.2) is 41.2 Å². The molecule has 28 heavy (non-hydrogen) atoms. The van der Waals surface area contributed by atoms with Crippen LogP contribution in [-0.4, -0.2) is 35.1 Å². The molecule has 0 unspecified atom stereocenters. The molecule has 0 radical (unpaired) electrons. The van der Waals surface area contributed by atoms with Gasteiger partial charge in [-0.2, -0.15) is 0 Å². The fourth-order valence-corrected chi connectivity index (χ4v) is 2.63. The van der Waals surface area contributed by atoms with E-state index in [1.54, 1.807) is 24.3 Å². The average molecular weight is 387 g/mol. The summed E-state index contributed by atoms with van der Waals surface area (Å²) in [5, 5.41) is 2.61. The number of carbonyl (C=O) groups is 2. The summed E-state index contributed by atoms with van der Waals surface area (Å²) < 4.78 is 23.6. The molecule has 8 nitrogen and oxygen atoms in total. The summed E-state index contributed by atoms with van der Waals surface area (Å²) in [5.74, 6) is -1.72. The highest BCUT2D eigenvalue weighted by atomic mass is 19.1. The molecule has 146 valence electrons. The van der Waals surface area contributed by atoms with Crippen molar-refractivity contribution in [2.75, 3.05) is 12.4 Å². The van der Waals surface area contributed by atoms with Crippen LogP contribution in [0.1, 0.15) is 12.5 Å². The van der Waals surface area contributed by atoms with E-state index in [4.69, 9.17) is 9.47 Å². The van der Waals surface area contributed by atoms with Crippen molar-refractivity contribution in [2.45, 2.75) is 19.4 Å². The van der Waals surface area contributed by atoms with E-state index >= 15 is 0 Å².